The smallest absolute Gasteiger partial charge is 0.217 e. The molecule has 0 bridgehead atoms. The Morgan fingerprint density at radius 3 is 2.71 bits per heavy atom. The van der Waals surface area contributed by atoms with Gasteiger partial charge in [-0.15, -0.1) is 0 Å². The van der Waals surface area contributed by atoms with Crippen LogP contribution in [0.15, 0.2) is 75.4 Å². The lowest BCUT2D eigenvalue weighted by atomic mass is 10.1. The summed E-state index contributed by atoms with van der Waals surface area (Å²) < 4.78 is 5.98. The number of nitrogens with two attached hydrogens (primary N) is 2. The van der Waals surface area contributed by atoms with Gasteiger partial charge in [0.25, 0.3) is 0 Å². The lowest BCUT2D eigenvalue weighted by Gasteiger charge is -2.25. The molecule has 0 radical (unpaired) electrons. The standard InChI is InChI=1S/C25H35N7OS/c1-7-20(11-13-29-23-19(6)30-25(27)34-23)9-10-21-12-14-32(15-16-33-21)22(18(5)17(3)4)31-24(26)28-8-2/h7,9-10,13H,1,3,5,8,11-12,14-16H2,2,4,6H3,(H2,26,28)(H2,27,30)/b20-9+,21-10+,29-13?,31-22?. The van der Waals surface area contributed by atoms with E-state index in [1.807, 2.05) is 45.2 Å². The van der Waals surface area contributed by atoms with Crippen molar-refractivity contribution in [2.45, 2.75) is 33.6 Å². The summed E-state index contributed by atoms with van der Waals surface area (Å²) in [5, 5.41) is 1.35. The molecule has 0 unspecified atom stereocenters. The number of allylic oxidation sites excluding steroid dienone is 4. The molecule has 2 rings (SSSR count). The molecular formula is C25H35N7OS. The number of aromatic nitrogens is 1. The maximum atomic E-state index is 5.98. The van der Waals surface area contributed by atoms with Crippen LogP contribution in [0.25, 0.3) is 0 Å². The fourth-order valence-corrected chi connectivity index (χ4v) is 3.77. The van der Waals surface area contributed by atoms with Gasteiger partial charge in [-0.25, -0.2) is 9.98 Å². The van der Waals surface area contributed by atoms with Gasteiger partial charge in [0.2, 0.25) is 5.96 Å². The van der Waals surface area contributed by atoms with E-state index in [1.165, 1.54) is 11.3 Å². The maximum Gasteiger partial charge on any atom is 0.217 e. The number of guanidine groups is 1. The highest BCUT2D eigenvalue weighted by atomic mass is 32.1. The Hall–Kier alpha value is -3.46. The average molecular weight is 482 g/mol. The summed E-state index contributed by atoms with van der Waals surface area (Å²) in [7, 11) is 0. The lowest BCUT2D eigenvalue weighted by molar-refractivity contribution is 0.212. The third-order valence-electron chi connectivity index (χ3n) is 4.97. The number of nitrogens with zero attached hydrogens (tertiary/aromatic N) is 5. The van der Waals surface area contributed by atoms with Gasteiger partial charge in [0.05, 0.1) is 18.0 Å². The minimum absolute atomic E-state index is 0.234. The van der Waals surface area contributed by atoms with Crippen molar-refractivity contribution in [3.05, 3.63) is 66.1 Å². The molecular weight excluding hydrogens is 446 g/mol. The predicted octanol–water partition coefficient (Wildman–Crippen LogP) is 4.71. The summed E-state index contributed by atoms with van der Waals surface area (Å²) in [6.45, 7) is 20.2. The fraction of sp³-hybridized carbons (Fsp3) is 0.360. The zero-order valence-electron chi connectivity index (χ0n) is 20.4. The van der Waals surface area contributed by atoms with Crippen molar-refractivity contribution in [2.24, 2.45) is 20.7 Å². The van der Waals surface area contributed by atoms with Crippen molar-refractivity contribution in [2.75, 3.05) is 32.0 Å². The number of nitrogen functional groups attached to an aromatic ring is 1. The van der Waals surface area contributed by atoms with Gasteiger partial charge in [-0.3, -0.25) is 4.99 Å². The van der Waals surface area contributed by atoms with E-state index in [0.29, 0.717) is 50.0 Å². The first-order chi connectivity index (χ1) is 16.2. The molecule has 8 nitrogen and oxygen atoms in total. The third-order valence-corrected chi connectivity index (χ3v) is 5.87. The molecule has 1 aromatic rings. The molecule has 1 saturated heterocycles. The monoisotopic (exact) mass is 481 g/mol. The van der Waals surface area contributed by atoms with E-state index in [2.05, 4.69) is 44.6 Å². The molecule has 0 aromatic carbocycles. The second-order valence-electron chi connectivity index (χ2n) is 7.65. The third kappa shape index (κ3) is 8.15. The molecule has 182 valence electrons. The van der Waals surface area contributed by atoms with Crippen molar-refractivity contribution < 1.29 is 4.74 Å². The first kappa shape index (κ1) is 26.8. The Labute approximate surface area is 206 Å². The molecule has 1 aliphatic heterocycles. The van der Waals surface area contributed by atoms with Crippen molar-refractivity contribution in [3.63, 3.8) is 0 Å². The molecule has 1 aromatic heterocycles. The molecule has 9 heteroatoms. The van der Waals surface area contributed by atoms with E-state index < -0.39 is 0 Å². The van der Waals surface area contributed by atoms with Gasteiger partial charge in [0.15, 0.2) is 5.13 Å². The van der Waals surface area contributed by atoms with Gasteiger partial charge in [0, 0.05) is 37.7 Å². The molecule has 0 amide bonds. The van der Waals surface area contributed by atoms with E-state index in [1.54, 1.807) is 0 Å². The van der Waals surface area contributed by atoms with Gasteiger partial charge in [0.1, 0.15) is 17.4 Å². The quantitative estimate of drug-likeness (QED) is 0.317. The van der Waals surface area contributed by atoms with E-state index >= 15 is 0 Å². The highest BCUT2D eigenvalue weighted by Gasteiger charge is 2.19. The van der Waals surface area contributed by atoms with Gasteiger partial charge in [-0.2, -0.15) is 4.99 Å². The lowest BCUT2D eigenvalue weighted by Crippen LogP contribution is -2.36. The molecule has 0 saturated carbocycles. The highest BCUT2D eigenvalue weighted by molar-refractivity contribution is 7.19. The van der Waals surface area contributed by atoms with Gasteiger partial charge < -0.3 is 21.1 Å². The average Bonchev–Trinajstić information content (AvgIpc) is 2.97. The van der Waals surface area contributed by atoms with Gasteiger partial charge in [-0.1, -0.05) is 43.2 Å². The number of hydrogen-bond acceptors (Lipinski definition) is 6. The van der Waals surface area contributed by atoms with Crippen LogP contribution >= 0.6 is 11.3 Å². The van der Waals surface area contributed by atoms with Crippen LogP contribution in [0.4, 0.5) is 10.1 Å². The van der Waals surface area contributed by atoms with Gasteiger partial charge >= 0.3 is 0 Å². The number of aliphatic imine (C=N–C) groups is 3. The van der Waals surface area contributed by atoms with Crippen LogP contribution in [0.1, 0.15) is 32.4 Å². The number of aryl methyl sites for hydroxylation is 1. The predicted molar refractivity (Wildman–Crippen MR) is 146 cm³/mol. The van der Waals surface area contributed by atoms with Crippen LogP contribution in [-0.4, -0.2) is 54.1 Å². The number of thiazole rings is 1. The Morgan fingerprint density at radius 2 is 2.09 bits per heavy atom. The fourth-order valence-electron chi connectivity index (χ4n) is 3.07. The van der Waals surface area contributed by atoms with Crippen LogP contribution in [0, 0.1) is 6.92 Å². The van der Waals surface area contributed by atoms with E-state index in [9.17, 15) is 0 Å². The van der Waals surface area contributed by atoms with Crippen molar-refractivity contribution >= 4 is 39.5 Å². The van der Waals surface area contributed by atoms with Crippen LogP contribution in [0.5, 0.6) is 0 Å². The maximum absolute atomic E-state index is 5.98. The van der Waals surface area contributed by atoms with Crippen molar-refractivity contribution in [1.82, 2.24) is 9.88 Å². The summed E-state index contributed by atoms with van der Waals surface area (Å²) in [5.74, 6) is 1.81. The molecule has 34 heavy (non-hydrogen) atoms. The molecule has 4 N–H and O–H groups in total. The zero-order valence-corrected chi connectivity index (χ0v) is 21.2. The van der Waals surface area contributed by atoms with Gasteiger partial charge in [-0.05, 0) is 38.0 Å². The first-order valence-electron chi connectivity index (χ1n) is 11.1. The number of ether oxygens (including phenoxy) is 1. The Bertz CT molecular complexity index is 1060. The van der Waals surface area contributed by atoms with E-state index in [0.717, 1.165) is 33.2 Å². The summed E-state index contributed by atoms with van der Waals surface area (Å²) in [4.78, 5) is 19.5. The summed E-state index contributed by atoms with van der Waals surface area (Å²) in [5.41, 5.74) is 15.1. The second kappa shape index (κ2) is 13.3. The van der Waals surface area contributed by atoms with Crippen LogP contribution < -0.4 is 11.5 Å². The molecule has 2 heterocycles. The number of amidine groups is 1. The topological polar surface area (TPSA) is 114 Å². The van der Waals surface area contributed by atoms with Crippen molar-refractivity contribution in [1.29, 1.82) is 0 Å². The first-order valence-corrected chi connectivity index (χ1v) is 12.0. The largest absolute Gasteiger partial charge is 0.496 e. The Morgan fingerprint density at radius 1 is 1.32 bits per heavy atom. The number of anilines is 1. The molecule has 1 aliphatic rings. The normalized spacial score (nSPS) is 17.1. The SMILES string of the molecule is C=C/C(=C\C=C1/CCN(C(=NC(N)=NCC)C(=C)C(=C)C)CCO1)CC=Nc1sc(N)nc1C. The molecule has 1 fully saturated rings. The second-order valence-corrected chi connectivity index (χ2v) is 8.66. The summed E-state index contributed by atoms with van der Waals surface area (Å²) in [6.07, 6.45) is 9.00. The number of rotatable bonds is 8. The minimum atomic E-state index is 0.234. The van der Waals surface area contributed by atoms with Crippen molar-refractivity contribution in [3.8, 4) is 0 Å². The van der Waals surface area contributed by atoms with E-state index in [-0.39, 0.29) is 5.96 Å². The Balaban J connectivity index is 2.10. The summed E-state index contributed by atoms with van der Waals surface area (Å²) >= 11 is 1.37. The highest BCUT2D eigenvalue weighted by Crippen LogP contribution is 2.28. The molecule has 0 spiro atoms. The summed E-state index contributed by atoms with van der Waals surface area (Å²) in [6, 6.07) is 0. The van der Waals surface area contributed by atoms with Crippen LogP contribution in [0.3, 0.4) is 0 Å². The van der Waals surface area contributed by atoms with E-state index in [4.69, 9.17) is 16.2 Å². The minimum Gasteiger partial charge on any atom is -0.496 e. The zero-order chi connectivity index (χ0) is 25.1. The number of hydrogen-bond donors (Lipinski definition) is 2. The molecule has 0 aliphatic carbocycles. The van der Waals surface area contributed by atoms with Crippen LogP contribution in [0.2, 0.25) is 0 Å². The Kier molecular flexibility index (Phi) is 10.5. The van der Waals surface area contributed by atoms with Crippen LogP contribution in [-0.2, 0) is 4.74 Å². The molecule has 0 atom stereocenters.